The highest BCUT2D eigenvalue weighted by Crippen LogP contribution is 2.28. The Hall–Kier alpha value is -0.710. The Kier molecular flexibility index (Phi) is 4.02. The van der Waals surface area contributed by atoms with Crippen LogP contribution in [0.4, 0.5) is 8.78 Å². The number of nitrogens with zero attached hydrogens (tertiary/aromatic N) is 1. The summed E-state index contributed by atoms with van der Waals surface area (Å²) in [6, 6.07) is 0. The normalized spacial score (nSPS) is 23.7. The number of aliphatic carboxylic acids is 1. The Balaban J connectivity index is 2.38. The van der Waals surface area contributed by atoms with Gasteiger partial charge in [0.25, 0.3) is 5.92 Å². The zero-order valence-corrected chi connectivity index (χ0v) is 8.88. The summed E-state index contributed by atoms with van der Waals surface area (Å²) in [6.07, 6.45) is 0.244. The van der Waals surface area contributed by atoms with Gasteiger partial charge in [0.1, 0.15) is 0 Å². The summed E-state index contributed by atoms with van der Waals surface area (Å²) < 4.78 is 25.6. The molecule has 0 aromatic carbocycles. The van der Waals surface area contributed by atoms with Crippen LogP contribution in [0.25, 0.3) is 0 Å². The predicted molar refractivity (Wildman–Crippen MR) is 52.0 cm³/mol. The van der Waals surface area contributed by atoms with Crippen molar-refractivity contribution in [3.05, 3.63) is 0 Å². The van der Waals surface area contributed by atoms with Crippen molar-refractivity contribution >= 4 is 5.97 Å². The minimum absolute atomic E-state index is 0.150. The highest BCUT2D eigenvalue weighted by Gasteiger charge is 2.34. The van der Waals surface area contributed by atoms with Gasteiger partial charge >= 0.3 is 5.97 Å². The van der Waals surface area contributed by atoms with E-state index in [0.29, 0.717) is 26.1 Å². The van der Waals surface area contributed by atoms with E-state index in [2.05, 4.69) is 0 Å². The van der Waals surface area contributed by atoms with Crippen LogP contribution in [0.2, 0.25) is 0 Å². The van der Waals surface area contributed by atoms with E-state index in [9.17, 15) is 13.6 Å². The van der Waals surface area contributed by atoms with Gasteiger partial charge in [0.15, 0.2) is 0 Å². The van der Waals surface area contributed by atoms with E-state index in [0.717, 1.165) is 0 Å². The number of alkyl halides is 2. The van der Waals surface area contributed by atoms with E-state index in [1.807, 2.05) is 4.90 Å². The quantitative estimate of drug-likeness (QED) is 0.787. The molecule has 1 atom stereocenters. The number of carboxylic acid groups (broad SMARTS) is 1. The summed E-state index contributed by atoms with van der Waals surface area (Å²) in [5.74, 6) is -3.83. The smallest absolute Gasteiger partial charge is 0.307 e. The Morgan fingerprint density at radius 1 is 1.47 bits per heavy atom. The summed E-state index contributed by atoms with van der Waals surface area (Å²) >= 11 is 0. The van der Waals surface area contributed by atoms with Gasteiger partial charge in [0.05, 0.1) is 5.92 Å². The Bertz CT molecular complexity index is 223. The van der Waals surface area contributed by atoms with Crippen LogP contribution < -0.4 is 0 Å². The zero-order chi connectivity index (χ0) is 11.5. The number of hydrogen-bond donors (Lipinski definition) is 1. The van der Waals surface area contributed by atoms with Crippen molar-refractivity contribution in [1.82, 2.24) is 4.90 Å². The number of halogens is 2. The van der Waals surface area contributed by atoms with Gasteiger partial charge in [-0.2, -0.15) is 0 Å². The minimum Gasteiger partial charge on any atom is -0.481 e. The van der Waals surface area contributed by atoms with Crippen LogP contribution in [-0.2, 0) is 4.79 Å². The Morgan fingerprint density at radius 3 is 2.40 bits per heavy atom. The first-order valence-corrected chi connectivity index (χ1v) is 5.27. The molecule has 1 aliphatic rings. The maximum absolute atomic E-state index is 12.8. The third kappa shape index (κ3) is 3.74. The van der Waals surface area contributed by atoms with Gasteiger partial charge in [0, 0.05) is 32.5 Å². The molecule has 88 valence electrons. The molecule has 1 saturated heterocycles. The lowest BCUT2D eigenvalue weighted by molar-refractivity contribution is -0.143. The maximum atomic E-state index is 12.8. The molecule has 0 bridgehead atoms. The second-order valence-electron chi connectivity index (χ2n) is 4.10. The maximum Gasteiger partial charge on any atom is 0.307 e. The molecule has 0 radical (unpaired) electrons. The molecule has 0 aromatic rings. The molecule has 15 heavy (non-hydrogen) atoms. The molecule has 5 heteroatoms. The lowest BCUT2D eigenvalue weighted by Gasteiger charge is -2.32. The largest absolute Gasteiger partial charge is 0.481 e. The van der Waals surface area contributed by atoms with Gasteiger partial charge in [-0.3, -0.25) is 4.79 Å². The van der Waals surface area contributed by atoms with Crippen LogP contribution in [-0.4, -0.2) is 41.5 Å². The second kappa shape index (κ2) is 4.88. The third-order valence-electron chi connectivity index (χ3n) is 2.91. The van der Waals surface area contributed by atoms with E-state index < -0.39 is 17.8 Å². The highest BCUT2D eigenvalue weighted by molar-refractivity contribution is 5.70. The Labute approximate surface area is 88.1 Å². The molecule has 1 heterocycles. The monoisotopic (exact) mass is 221 g/mol. The molecule has 1 fully saturated rings. The molecule has 1 unspecified atom stereocenters. The van der Waals surface area contributed by atoms with Crippen molar-refractivity contribution in [2.75, 3.05) is 19.6 Å². The lowest BCUT2D eigenvalue weighted by Crippen LogP contribution is -2.42. The first kappa shape index (κ1) is 12.4. The predicted octanol–water partition coefficient (Wildman–Crippen LogP) is 1.83. The van der Waals surface area contributed by atoms with Gasteiger partial charge in [-0.05, 0) is 6.42 Å². The van der Waals surface area contributed by atoms with Crippen molar-refractivity contribution in [2.45, 2.75) is 32.1 Å². The molecule has 0 saturated carbocycles. The average molecular weight is 221 g/mol. The van der Waals surface area contributed by atoms with Gasteiger partial charge in [-0.1, -0.05) is 6.92 Å². The summed E-state index contributed by atoms with van der Waals surface area (Å²) in [7, 11) is 0. The Morgan fingerprint density at radius 2 is 2.00 bits per heavy atom. The molecule has 0 aliphatic carbocycles. The number of rotatable bonds is 4. The van der Waals surface area contributed by atoms with Crippen LogP contribution in [0.1, 0.15) is 26.2 Å². The zero-order valence-electron chi connectivity index (χ0n) is 8.88. The molecule has 1 aliphatic heterocycles. The fourth-order valence-electron chi connectivity index (χ4n) is 1.76. The standard InChI is InChI=1S/C10H17F2NO2/c1-2-8(9(14)15)7-13-5-3-10(11,12)4-6-13/h8H,2-7H2,1H3,(H,14,15). The SMILES string of the molecule is CCC(CN1CCC(F)(F)CC1)C(=O)O. The van der Waals surface area contributed by atoms with E-state index in [1.54, 1.807) is 6.92 Å². The van der Waals surface area contributed by atoms with Crippen LogP contribution in [0.5, 0.6) is 0 Å². The fraction of sp³-hybridized carbons (Fsp3) is 0.900. The van der Waals surface area contributed by atoms with Crippen LogP contribution in [0, 0.1) is 5.92 Å². The van der Waals surface area contributed by atoms with Crippen molar-refractivity contribution in [3.63, 3.8) is 0 Å². The fourth-order valence-corrected chi connectivity index (χ4v) is 1.76. The molecule has 0 aromatic heterocycles. The summed E-state index contributed by atoms with van der Waals surface area (Å²) in [4.78, 5) is 12.6. The van der Waals surface area contributed by atoms with Crippen LogP contribution in [0.3, 0.4) is 0 Å². The lowest BCUT2D eigenvalue weighted by atomic mass is 10.0. The topological polar surface area (TPSA) is 40.5 Å². The average Bonchev–Trinajstić information content (AvgIpc) is 2.15. The molecule has 1 N–H and O–H groups in total. The molecule has 1 rings (SSSR count). The molecule has 3 nitrogen and oxygen atoms in total. The van der Waals surface area contributed by atoms with Crippen LogP contribution in [0.15, 0.2) is 0 Å². The molecule has 0 spiro atoms. The number of piperidine rings is 1. The van der Waals surface area contributed by atoms with E-state index in [4.69, 9.17) is 5.11 Å². The number of carboxylic acids is 1. The van der Waals surface area contributed by atoms with Gasteiger partial charge in [-0.15, -0.1) is 0 Å². The van der Waals surface area contributed by atoms with Gasteiger partial charge in [0.2, 0.25) is 0 Å². The van der Waals surface area contributed by atoms with Crippen molar-refractivity contribution in [3.8, 4) is 0 Å². The van der Waals surface area contributed by atoms with E-state index >= 15 is 0 Å². The van der Waals surface area contributed by atoms with Gasteiger partial charge < -0.3 is 10.0 Å². The number of carbonyl (C=O) groups is 1. The number of likely N-dealkylation sites (tertiary alicyclic amines) is 1. The first-order chi connectivity index (χ1) is 6.94. The van der Waals surface area contributed by atoms with Crippen LogP contribution >= 0.6 is 0 Å². The second-order valence-corrected chi connectivity index (χ2v) is 4.10. The van der Waals surface area contributed by atoms with Crippen molar-refractivity contribution < 1.29 is 18.7 Å². The van der Waals surface area contributed by atoms with Gasteiger partial charge in [-0.25, -0.2) is 8.78 Å². The minimum atomic E-state index is -2.55. The highest BCUT2D eigenvalue weighted by atomic mass is 19.3. The first-order valence-electron chi connectivity index (χ1n) is 5.27. The molecular weight excluding hydrogens is 204 g/mol. The molecular formula is C10H17F2NO2. The summed E-state index contributed by atoms with van der Waals surface area (Å²) in [5, 5.41) is 8.83. The van der Waals surface area contributed by atoms with Crippen molar-refractivity contribution in [2.24, 2.45) is 5.92 Å². The van der Waals surface area contributed by atoms with Crippen molar-refractivity contribution in [1.29, 1.82) is 0 Å². The third-order valence-corrected chi connectivity index (χ3v) is 2.91. The summed E-state index contributed by atoms with van der Waals surface area (Å²) in [5.41, 5.74) is 0. The summed E-state index contributed by atoms with van der Waals surface area (Å²) in [6.45, 7) is 2.80. The van der Waals surface area contributed by atoms with E-state index in [1.165, 1.54) is 0 Å². The van der Waals surface area contributed by atoms with E-state index in [-0.39, 0.29) is 12.8 Å². The number of hydrogen-bond acceptors (Lipinski definition) is 2. The molecule has 0 amide bonds.